The van der Waals surface area contributed by atoms with Crippen molar-refractivity contribution in [1.82, 2.24) is 0 Å². The van der Waals surface area contributed by atoms with E-state index in [0.29, 0.717) is 0 Å². The first-order chi connectivity index (χ1) is 18.2. The van der Waals surface area contributed by atoms with Crippen molar-refractivity contribution in [1.29, 1.82) is 0 Å². The van der Waals surface area contributed by atoms with Crippen molar-refractivity contribution in [2.24, 2.45) is 5.92 Å². The maximum atomic E-state index is 10.2. The SMILES string of the molecule is CC(C)CCCCCCCCCCCCCCC(=O)[O-].CCCCCCCCCCCCCC[N+](C)(C)C. The summed E-state index contributed by atoms with van der Waals surface area (Å²) < 4.78 is 1.12. The number of unbranched alkanes of at least 4 members (excludes halogenated alkanes) is 22. The normalized spacial score (nSPS) is 11.6. The van der Waals surface area contributed by atoms with Crippen LogP contribution in [0.25, 0.3) is 0 Å². The van der Waals surface area contributed by atoms with Crippen LogP contribution >= 0.6 is 0 Å². The summed E-state index contributed by atoms with van der Waals surface area (Å²) in [6, 6.07) is 0. The molecule has 0 aliphatic heterocycles. The van der Waals surface area contributed by atoms with E-state index >= 15 is 0 Å². The van der Waals surface area contributed by atoms with Crippen LogP contribution in [-0.4, -0.2) is 38.1 Å². The maximum absolute atomic E-state index is 10.2. The van der Waals surface area contributed by atoms with Crippen molar-refractivity contribution in [2.75, 3.05) is 27.7 Å². The lowest BCUT2D eigenvalue weighted by Gasteiger charge is -2.23. The number of nitrogens with zero attached hydrogens (tertiary/aromatic N) is 1. The monoisotopic (exact) mass is 540 g/mol. The highest BCUT2D eigenvalue weighted by atomic mass is 16.4. The first-order valence-corrected chi connectivity index (χ1v) is 17.2. The smallest absolute Gasteiger partial charge is 0.0780 e. The van der Waals surface area contributed by atoms with Gasteiger partial charge in [0.1, 0.15) is 0 Å². The molecule has 0 fully saturated rings. The topological polar surface area (TPSA) is 40.1 Å². The Morgan fingerprint density at radius 1 is 0.526 bits per heavy atom. The molecular formula is C35H73NO2. The summed E-state index contributed by atoms with van der Waals surface area (Å²) in [6.07, 6.45) is 34.4. The number of hydrogen-bond acceptors (Lipinski definition) is 2. The molecule has 0 unspecified atom stereocenters. The second-order valence-electron chi connectivity index (χ2n) is 13.5. The van der Waals surface area contributed by atoms with E-state index in [1.807, 2.05) is 0 Å². The summed E-state index contributed by atoms with van der Waals surface area (Å²) in [6.45, 7) is 8.23. The minimum Gasteiger partial charge on any atom is -0.550 e. The van der Waals surface area contributed by atoms with Gasteiger partial charge in [-0.25, -0.2) is 0 Å². The number of carbonyl (C=O) groups excluding carboxylic acids is 1. The molecule has 0 saturated heterocycles. The predicted molar refractivity (Wildman–Crippen MR) is 168 cm³/mol. The van der Waals surface area contributed by atoms with Crippen LogP contribution in [0, 0.1) is 5.92 Å². The van der Waals surface area contributed by atoms with Crippen LogP contribution in [-0.2, 0) is 4.79 Å². The van der Waals surface area contributed by atoms with Crippen LogP contribution in [0.1, 0.15) is 188 Å². The Kier molecular flexibility index (Phi) is 32.2. The van der Waals surface area contributed by atoms with Gasteiger partial charge in [0.25, 0.3) is 0 Å². The Hall–Kier alpha value is -0.570. The summed E-state index contributed by atoms with van der Waals surface area (Å²) >= 11 is 0. The standard InChI is InChI=1S/C18H36O2.C17H38N/c1-17(2)15-13-11-9-7-5-3-4-6-8-10-12-14-16-18(19)20;1-5-6-7-8-9-10-11-12-13-14-15-16-17-18(2,3)4/h17H,3-16H2,1-2H3,(H,19,20);5-17H2,1-4H3/q;+1/p-1. The third kappa shape index (κ3) is 42.5. The van der Waals surface area contributed by atoms with Gasteiger partial charge in [-0.2, -0.15) is 0 Å². The molecule has 38 heavy (non-hydrogen) atoms. The van der Waals surface area contributed by atoms with Gasteiger partial charge in [0.2, 0.25) is 0 Å². The fourth-order valence-corrected chi connectivity index (χ4v) is 5.02. The third-order valence-corrected chi connectivity index (χ3v) is 7.59. The van der Waals surface area contributed by atoms with Crippen molar-refractivity contribution in [2.45, 2.75) is 188 Å². The second kappa shape index (κ2) is 31.0. The Balaban J connectivity index is 0. The molecule has 230 valence electrons. The highest BCUT2D eigenvalue weighted by Gasteiger charge is 2.05. The molecule has 0 radical (unpaired) electrons. The molecule has 3 nitrogen and oxygen atoms in total. The summed E-state index contributed by atoms with van der Waals surface area (Å²) in [5.41, 5.74) is 0. The van der Waals surface area contributed by atoms with E-state index in [4.69, 9.17) is 0 Å². The average molecular weight is 540 g/mol. The molecule has 0 aromatic carbocycles. The van der Waals surface area contributed by atoms with Gasteiger partial charge >= 0.3 is 0 Å². The molecule has 0 aromatic heterocycles. The van der Waals surface area contributed by atoms with Gasteiger partial charge in [0, 0.05) is 5.97 Å². The highest BCUT2D eigenvalue weighted by molar-refractivity contribution is 5.64. The summed E-state index contributed by atoms with van der Waals surface area (Å²) in [5, 5.41) is 10.2. The number of quaternary nitrogens is 1. The van der Waals surface area contributed by atoms with Gasteiger partial charge in [-0.1, -0.05) is 162 Å². The van der Waals surface area contributed by atoms with Gasteiger partial charge in [-0.15, -0.1) is 0 Å². The Morgan fingerprint density at radius 3 is 1.16 bits per heavy atom. The number of carbonyl (C=O) groups is 1. The van der Waals surface area contributed by atoms with E-state index in [9.17, 15) is 9.90 Å². The number of carboxylic acid groups (broad SMARTS) is 1. The molecule has 0 aliphatic rings. The highest BCUT2D eigenvalue weighted by Crippen LogP contribution is 2.15. The van der Waals surface area contributed by atoms with E-state index in [1.54, 1.807) is 0 Å². The number of aliphatic carboxylic acids is 1. The fourth-order valence-electron chi connectivity index (χ4n) is 5.02. The van der Waals surface area contributed by atoms with E-state index in [-0.39, 0.29) is 6.42 Å². The first-order valence-electron chi connectivity index (χ1n) is 17.2. The van der Waals surface area contributed by atoms with Crippen molar-refractivity contribution in [3.05, 3.63) is 0 Å². The number of carboxylic acids is 1. The molecule has 0 aliphatic carbocycles. The molecule has 0 spiro atoms. The van der Waals surface area contributed by atoms with Crippen molar-refractivity contribution in [3.8, 4) is 0 Å². The zero-order chi connectivity index (χ0) is 28.7. The van der Waals surface area contributed by atoms with E-state index in [2.05, 4.69) is 41.9 Å². The van der Waals surface area contributed by atoms with Gasteiger partial charge in [-0.05, 0) is 31.6 Å². The molecule has 0 N–H and O–H groups in total. The lowest BCUT2D eigenvalue weighted by molar-refractivity contribution is -0.870. The summed E-state index contributed by atoms with van der Waals surface area (Å²) in [4.78, 5) is 10.2. The quantitative estimate of drug-likeness (QED) is 0.0732. The molecule has 0 aromatic rings. The number of hydrogen-bond donors (Lipinski definition) is 0. The molecule has 0 saturated carbocycles. The van der Waals surface area contributed by atoms with Gasteiger partial charge in [0.15, 0.2) is 0 Å². The van der Waals surface area contributed by atoms with Gasteiger partial charge in [-0.3, -0.25) is 0 Å². The predicted octanol–water partition coefficient (Wildman–Crippen LogP) is 10.2. The molecule has 0 amide bonds. The number of rotatable bonds is 28. The molecule has 0 rings (SSSR count). The van der Waals surface area contributed by atoms with E-state index in [1.165, 1.54) is 154 Å². The largest absolute Gasteiger partial charge is 0.550 e. The molecule has 0 bridgehead atoms. The summed E-state index contributed by atoms with van der Waals surface area (Å²) in [7, 11) is 6.87. The van der Waals surface area contributed by atoms with Crippen LogP contribution in [0.5, 0.6) is 0 Å². The zero-order valence-electron chi connectivity index (χ0n) is 27.4. The molecular weight excluding hydrogens is 466 g/mol. The molecule has 3 heteroatoms. The van der Waals surface area contributed by atoms with Crippen LogP contribution < -0.4 is 5.11 Å². The lowest BCUT2D eigenvalue weighted by Crippen LogP contribution is -2.35. The van der Waals surface area contributed by atoms with Gasteiger partial charge in [0.05, 0.1) is 27.7 Å². The van der Waals surface area contributed by atoms with Gasteiger partial charge < -0.3 is 14.4 Å². The fraction of sp³-hybridized carbons (Fsp3) is 0.971. The third-order valence-electron chi connectivity index (χ3n) is 7.59. The Bertz CT molecular complexity index is 455. The first kappa shape index (κ1) is 39.6. The second-order valence-corrected chi connectivity index (χ2v) is 13.5. The van der Waals surface area contributed by atoms with E-state index in [0.717, 1.165) is 23.2 Å². The minimum absolute atomic E-state index is 0.233. The van der Waals surface area contributed by atoms with Crippen LogP contribution in [0.15, 0.2) is 0 Å². The minimum atomic E-state index is -0.904. The average Bonchev–Trinajstić information content (AvgIpc) is 2.84. The van der Waals surface area contributed by atoms with Crippen LogP contribution in [0.2, 0.25) is 0 Å². The van der Waals surface area contributed by atoms with Crippen LogP contribution in [0.3, 0.4) is 0 Å². The molecule has 0 atom stereocenters. The lowest BCUT2D eigenvalue weighted by atomic mass is 10.0. The van der Waals surface area contributed by atoms with Crippen molar-refractivity contribution in [3.63, 3.8) is 0 Å². The Morgan fingerprint density at radius 2 is 0.842 bits per heavy atom. The zero-order valence-corrected chi connectivity index (χ0v) is 27.4. The van der Waals surface area contributed by atoms with Crippen LogP contribution in [0.4, 0.5) is 0 Å². The molecule has 0 heterocycles. The van der Waals surface area contributed by atoms with Crippen molar-refractivity contribution < 1.29 is 14.4 Å². The maximum Gasteiger partial charge on any atom is 0.0780 e. The summed E-state index contributed by atoms with van der Waals surface area (Å²) in [5.74, 6) is -0.0415. The van der Waals surface area contributed by atoms with Crippen molar-refractivity contribution >= 4 is 5.97 Å². The van der Waals surface area contributed by atoms with E-state index < -0.39 is 5.97 Å². The Labute approximate surface area is 241 Å².